The first kappa shape index (κ1) is 34.4. The van der Waals surface area contributed by atoms with E-state index in [-0.39, 0.29) is 35.6 Å². The van der Waals surface area contributed by atoms with Gasteiger partial charge in [0.15, 0.2) is 0 Å². The minimum absolute atomic E-state index is 0. The maximum atomic E-state index is 2.55. The molecule has 0 atom stereocenters. The van der Waals surface area contributed by atoms with Gasteiger partial charge in [0, 0.05) is 0 Å². The molecule has 0 aliphatic heterocycles. The van der Waals surface area contributed by atoms with E-state index in [0.717, 1.165) is 6.42 Å². The van der Waals surface area contributed by atoms with Crippen molar-refractivity contribution in [1.82, 2.24) is 0 Å². The van der Waals surface area contributed by atoms with Crippen LogP contribution in [0.2, 0.25) is 0 Å². The fourth-order valence-electron chi connectivity index (χ4n) is 6.59. The first-order chi connectivity index (χ1) is 19.8. The topological polar surface area (TPSA) is 0 Å². The third kappa shape index (κ3) is 6.18. The molecule has 3 heteroatoms. The predicted octanol–water partition coefficient (Wildman–Crippen LogP) is 3.18. The van der Waals surface area contributed by atoms with Crippen LogP contribution < -0.4 is 35.3 Å². The van der Waals surface area contributed by atoms with Crippen molar-refractivity contribution >= 4 is 14.4 Å². The molecule has 0 radical (unpaired) electrons. The number of halogens is 2. The summed E-state index contributed by atoms with van der Waals surface area (Å²) in [5.41, 5.74) is 16.4. The summed E-state index contributed by atoms with van der Waals surface area (Å²) in [4.78, 5) is 0. The van der Waals surface area contributed by atoms with Crippen LogP contribution in [-0.2, 0) is 35.5 Å². The van der Waals surface area contributed by atoms with E-state index in [1.807, 2.05) is 0 Å². The SMILES string of the molecule is Cc1ccc(C(c2ccc(C)cc2)=c2cc3c(c(C4=CC=CC4)c2C(C)(C)C)=[C]([Zr+2])c2cc(C(C)(C)C)ccc2-3)cc1.[Cl-].[Cl-]. The molecule has 0 saturated carbocycles. The van der Waals surface area contributed by atoms with Gasteiger partial charge in [-0.25, -0.2) is 0 Å². The van der Waals surface area contributed by atoms with Gasteiger partial charge < -0.3 is 24.8 Å². The average molecular weight is 696 g/mol. The molecule has 0 heterocycles. The standard InChI is InChI=1S/C41H41.2ClH.Zr/c1-26-13-17-29(18-14-26)37(30-19-15-27(2)16-20-30)36-25-34-33-22-21-32(40(3,4)5)23-31(33)24-35(34)38(28-11-9-10-12-28)39(36)41(6,7)8;;;/h9-11,13-23,25H,12H2,1-8H3;2*1H;/q;;;+2/p-2. The molecule has 4 aromatic carbocycles. The summed E-state index contributed by atoms with van der Waals surface area (Å²) in [5.74, 6) is 0. The van der Waals surface area contributed by atoms with Crippen molar-refractivity contribution in [2.75, 3.05) is 0 Å². The summed E-state index contributed by atoms with van der Waals surface area (Å²) in [6.45, 7) is 18.5. The third-order valence-corrected chi connectivity index (χ3v) is 10.1. The van der Waals surface area contributed by atoms with Crippen molar-refractivity contribution in [3.05, 3.63) is 146 Å². The van der Waals surface area contributed by atoms with E-state index in [1.54, 1.807) is 0 Å². The summed E-state index contributed by atoms with van der Waals surface area (Å²) >= 11 is 1.47. The minimum Gasteiger partial charge on any atom is -1.00 e. The normalized spacial score (nSPS) is 13.6. The molecule has 6 rings (SSSR count). The smallest absolute Gasteiger partial charge is 1.00 e. The van der Waals surface area contributed by atoms with E-state index in [9.17, 15) is 0 Å². The molecule has 0 unspecified atom stereocenters. The molecule has 0 saturated heterocycles. The van der Waals surface area contributed by atoms with Crippen LogP contribution in [0, 0.1) is 13.8 Å². The molecular weight excluding hydrogens is 655 g/mol. The number of rotatable bonds is 3. The van der Waals surface area contributed by atoms with Crippen LogP contribution in [0.25, 0.3) is 25.6 Å². The minimum atomic E-state index is -0.0640. The molecule has 223 valence electrons. The van der Waals surface area contributed by atoms with Gasteiger partial charge in [-0.1, -0.05) is 0 Å². The fraction of sp³-hybridized carbons (Fsp3) is 0.268. The van der Waals surface area contributed by atoms with Crippen LogP contribution in [0.3, 0.4) is 0 Å². The van der Waals surface area contributed by atoms with Crippen LogP contribution in [0.5, 0.6) is 0 Å². The number of hydrogen-bond acceptors (Lipinski definition) is 0. The van der Waals surface area contributed by atoms with E-state index in [1.165, 1.54) is 105 Å². The van der Waals surface area contributed by atoms with Gasteiger partial charge in [-0.3, -0.25) is 0 Å². The van der Waals surface area contributed by atoms with Crippen LogP contribution in [0.1, 0.15) is 92.5 Å². The second-order valence-electron chi connectivity index (χ2n) is 14.2. The molecule has 0 bridgehead atoms. The van der Waals surface area contributed by atoms with Crippen molar-refractivity contribution in [2.45, 2.75) is 72.6 Å². The molecule has 2 aliphatic rings. The van der Waals surface area contributed by atoms with Crippen molar-refractivity contribution in [3.63, 3.8) is 0 Å². The Labute approximate surface area is 291 Å². The summed E-state index contributed by atoms with van der Waals surface area (Å²) in [6.07, 6.45) is 7.90. The van der Waals surface area contributed by atoms with Gasteiger partial charge in [0.2, 0.25) is 0 Å². The molecule has 0 N–H and O–H groups in total. The van der Waals surface area contributed by atoms with Gasteiger partial charge in [-0.2, -0.15) is 0 Å². The average Bonchev–Trinajstić information content (AvgIpc) is 3.56. The molecule has 0 nitrogen and oxygen atoms in total. The molecular formula is C41H41Cl2Zr. The van der Waals surface area contributed by atoms with E-state index in [4.69, 9.17) is 0 Å². The zero-order chi connectivity index (χ0) is 30.0. The molecule has 0 spiro atoms. The molecule has 4 aromatic rings. The molecule has 0 fully saturated rings. The van der Waals surface area contributed by atoms with Gasteiger partial charge in [0.25, 0.3) is 0 Å². The largest absolute Gasteiger partial charge is 1.00 e. The third-order valence-electron chi connectivity index (χ3n) is 8.81. The van der Waals surface area contributed by atoms with E-state index in [2.05, 4.69) is 146 Å². The Morgan fingerprint density at radius 2 is 1.23 bits per heavy atom. The van der Waals surface area contributed by atoms with E-state index >= 15 is 0 Å². The summed E-state index contributed by atoms with van der Waals surface area (Å²) in [7, 11) is 0. The maximum Gasteiger partial charge on any atom is -1.00 e. The predicted molar refractivity (Wildman–Crippen MR) is 177 cm³/mol. The molecule has 2 aliphatic carbocycles. The molecule has 44 heavy (non-hydrogen) atoms. The van der Waals surface area contributed by atoms with Gasteiger partial charge in [0.1, 0.15) is 0 Å². The number of aryl methyl sites for hydroxylation is 2. The second-order valence-corrected chi connectivity index (χ2v) is 15.4. The van der Waals surface area contributed by atoms with Gasteiger partial charge in [-0.15, -0.1) is 0 Å². The Hall–Kier alpha value is -2.44. The van der Waals surface area contributed by atoms with Gasteiger partial charge in [-0.05, 0) is 0 Å². The van der Waals surface area contributed by atoms with Crippen molar-refractivity contribution in [3.8, 4) is 11.1 Å². The number of allylic oxidation sites excluding steroid dienone is 4. The van der Waals surface area contributed by atoms with Crippen molar-refractivity contribution in [2.24, 2.45) is 0 Å². The van der Waals surface area contributed by atoms with Crippen LogP contribution in [0.15, 0.2) is 91.0 Å². The number of benzene rings is 4. The van der Waals surface area contributed by atoms with Crippen molar-refractivity contribution in [1.29, 1.82) is 0 Å². The Kier molecular flexibility index (Phi) is 9.98. The zero-order valence-electron chi connectivity index (χ0n) is 27.1. The van der Waals surface area contributed by atoms with E-state index < -0.39 is 0 Å². The molecule has 0 amide bonds. The quantitative estimate of drug-likeness (QED) is 0.309. The van der Waals surface area contributed by atoms with Crippen LogP contribution in [-0.4, -0.2) is 0 Å². The Balaban J connectivity index is 0.00000221. The summed E-state index contributed by atoms with van der Waals surface area (Å²) in [5, 5.41) is 2.82. The Bertz CT molecular complexity index is 1860. The first-order valence-electron chi connectivity index (χ1n) is 15.2. The fourth-order valence-corrected chi connectivity index (χ4v) is 7.74. The monoisotopic (exact) mass is 693 g/mol. The zero-order valence-corrected chi connectivity index (χ0v) is 31.1. The van der Waals surface area contributed by atoms with E-state index in [0.29, 0.717) is 0 Å². The van der Waals surface area contributed by atoms with Crippen LogP contribution in [0.4, 0.5) is 0 Å². The summed E-state index contributed by atoms with van der Waals surface area (Å²) in [6, 6.07) is 28.0. The first-order valence-corrected chi connectivity index (χ1v) is 16.4. The van der Waals surface area contributed by atoms with Gasteiger partial charge in [0.05, 0.1) is 0 Å². The number of hydrogen-bond donors (Lipinski definition) is 0. The summed E-state index contributed by atoms with van der Waals surface area (Å²) < 4.78 is 1.49. The maximum absolute atomic E-state index is 2.55. The second kappa shape index (κ2) is 12.8. The Morgan fingerprint density at radius 3 is 1.70 bits per heavy atom. The van der Waals surface area contributed by atoms with Crippen LogP contribution >= 0.6 is 0 Å². The molecule has 0 aromatic heterocycles. The van der Waals surface area contributed by atoms with Gasteiger partial charge >= 0.3 is 269 Å². The number of fused-ring (bicyclic) bond motifs is 3. The Morgan fingerprint density at radius 1 is 0.659 bits per heavy atom. The van der Waals surface area contributed by atoms with Crippen molar-refractivity contribution < 1.29 is 49.5 Å².